The number of anilines is 1. The van der Waals surface area contributed by atoms with Gasteiger partial charge in [-0.3, -0.25) is 15.0 Å². The molecule has 0 amide bonds. The van der Waals surface area contributed by atoms with E-state index in [4.69, 9.17) is 14.6 Å². The number of para-hydroxylation sites is 1. The Hall–Kier alpha value is -4.93. The molecule has 47 heavy (non-hydrogen) atoms. The molecular formula is C31H30F2N6O7S. The smallest absolute Gasteiger partial charge is 0.359 e. The van der Waals surface area contributed by atoms with Crippen LogP contribution in [0.15, 0.2) is 71.6 Å². The van der Waals surface area contributed by atoms with Crippen molar-refractivity contribution in [2.24, 2.45) is 0 Å². The van der Waals surface area contributed by atoms with E-state index in [9.17, 15) is 32.1 Å². The SMILES string of the molecule is CCOC(=O)c1c2c(nn1-c1ccc(Oc3cccc(F)c3F)cc1)[C@H](N1CCN(S(=O)(=O)c3ccccc3[N+](=O)[O-])CC1)CCN2. The number of rotatable bonds is 9. The minimum Gasteiger partial charge on any atom is -0.461 e. The Balaban J connectivity index is 1.26. The van der Waals surface area contributed by atoms with Crippen molar-refractivity contribution in [1.82, 2.24) is 19.0 Å². The van der Waals surface area contributed by atoms with Gasteiger partial charge < -0.3 is 14.8 Å². The van der Waals surface area contributed by atoms with Crippen LogP contribution in [-0.2, 0) is 14.8 Å². The summed E-state index contributed by atoms with van der Waals surface area (Å²) in [4.78, 5) is 25.8. The molecule has 1 N–H and O–H groups in total. The molecule has 246 valence electrons. The second kappa shape index (κ2) is 13.1. The molecule has 3 heterocycles. The number of carbonyl (C=O) groups excluding carboxylic acids is 1. The van der Waals surface area contributed by atoms with E-state index in [1.54, 1.807) is 19.1 Å². The van der Waals surface area contributed by atoms with Crippen molar-refractivity contribution in [3.63, 3.8) is 0 Å². The summed E-state index contributed by atoms with van der Waals surface area (Å²) in [5.41, 5.74) is 1.26. The van der Waals surface area contributed by atoms with Gasteiger partial charge in [0, 0.05) is 38.8 Å². The summed E-state index contributed by atoms with van der Waals surface area (Å²) in [6.45, 7) is 3.19. The molecule has 1 aromatic heterocycles. The molecule has 0 saturated carbocycles. The van der Waals surface area contributed by atoms with E-state index in [0.717, 1.165) is 6.07 Å². The van der Waals surface area contributed by atoms with E-state index in [1.807, 2.05) is 0 Å². The molecule has 2 aliphatic rings. The van der Waals surface area contributed by atoms with Crippen LogP contribution in [0.4, 0.5) is 20.2 Å². The molecule has 1 atom stereocenters. The second-order valence-corrected chi connectivity index (χ2v) is 12.7. The highest BCUT2D eigenvalue weighted by Crippen LogP contribution is 2.39. The zero-order valence-electron chi connectivity index (χ0n) is 25.1. The number of hydrogen-bond donors (Lipinski definition) is 1. The number of hydrogen-bond acceptors (Lipinski definition) is 10. The van der Waals surface area contributed by atoms with Crippen molar-refractivity contribution in [1.29, 1.82) is 0 Å². The van der Waals surface area contributed by atoms with Crippen molar-refractivity contribution in [2.45, 2.75) is 24.3 Å². The summed E-state index contributed by atoms with van der Waals surface area (Å²) in [6, 6.07) is 15.0. The number of piperazine rings is 1. The zero-order valence-corrected chi connectivity index (χ0v) is 26.0. The van der Waals surface area contributed by atoms with E-state index in [1.165, 1.54) is 57.5 Å². The maximum Gasteiger partial charge on any atom is 0.359 e. The number of aromatic nitrogens is 2. The van der Waals surface area contributed by atoms with Gasteiger partial charge in [-0.05, 0) is 55.8 Å². The third-order valence-corrected chi connectivity index (χ3v) is 9.98. The molecule has 2 aliphatic heterocycles. The number of halogens is 2. The van der Waals surface area contributed by atoms with Crippen LogP contribution < -0.4 is 10.1 Å². The van der Waals surface area contributed by atoms with Gasteiger partial charge in [0.2, 0.25) is 15.8 Å². The number of fused-ring (bicyclic) bond motifs is 1. The maximum atomic E-state index is 14.1. The van der Waals surface area contributed by atoms with Gasteiger partial charge in [0.15, 0.2) is 22.2 Å². The molecule has 4 aromatic rings. The van der Waals surface area contributed by atoms with Crippen molar-refractivity contribution < 1.29 is 36.4 Å². The third-order valence-electron chi connectivity index (χ3n) is 8.04. The summed E-state index contributed by atoms with van der Waals surface area (Å²) in [6.07, 6.45) is 0.620. The van der Waals surface area contributed by atoms with Gasteiger partial charge in [-0.15, -0.1) is 0 Å². The van der Waals surface area contributed by atoms with Crippen LogP contribution >= 0.6 is 0 Å². The van der Waals surface area contributed by atoms with E-state index in [-0.39, 0.29) is 47.8 Å². The molecule has 1 saturated heterocycles. The maximum absolute atomic E-state index is 14.1. The van der Waals surface area contributed by atoms with Crippen LogP contribution in [0.3, 0.4) is 0 Å². The fraction of sp³-hybridized carbons (Fsp3) is 0.290. The van der Waals surface area contributed by atoms with Crippen molar-refractivity contribution in [3.05, 3.63) is 99.9 Å². The minimum absolute atomic E-state index is 0.104. The highest BCUT2D eigenvalue weighted by Gasteiger charge is 2.39. The minimum atomic E-state index is -4.11. The number of benzene rings is 3. The number of nitrogens with one attached hydrogen (secondary N) is 1. The average Bonchev–Trinajstić information content (AvgIpc) is 3.47. The van der Waals surface area contributed by atoms with Gasteiger partial charge in [0.1, 0.15) is 11.4 Å². The van der Waals surface area contributed by atoms with Gasteiger partial charge in [0.05, 0.1) is 28.9 Å². The summed E-state index contributed by atoms with van der Waals surface area (Å²) in [5, 5.41) is 19.6. The Labute approximate surface area is 268 Å². The quantitative estimate of drug-likeness (QED) is 0.148. The highest BCUT2D eigenvalue weighted by molar-refractivity contribution is 7.89. The largest absolute Gasteiger partial charge is 0.461 e. The third kappa shape index (κ3) is 6.14. The van der Waals surface area contributed by atoms with Crippen molar-refractivity contribution in [2.75, 3.05) is 44.6 Å². The predicted molar refractivity (Wildman–Crippen MR) is 165 cm³/mol. The summed E-state index contributed by atoms with van der Waals surface area (Å²) in [5.74, 6) is -2.79. The molecule has 0 radical (unpaired) electrons. The molecular weight excluding hydrogens is 638 g/mol. The van der Waals surface area contributed by atoms with E-state index in [0.29, 0.717) is 43.1 Å². The lowest BCUT2D eigenvalue weighted by Gasteiger charge is -2.39. The summed E-state index contributed by atoms with van der Waals surface area (Å²) < 4.78 is 68.1. The number of esters is 1. The van der Waals surface area contributed by atoms with Crippen LogP contribution in [0.2, 0.25) is 0 Å². The van der Waals surface area contributed by atoms with Gasteiger partial charge in [-0.1, -0.05) is 18.2 Å². The average molecular weight is 669 g/mol. The second-order valence-electron chi connectivity index (χ2n) is 10.8. The molecule has 16 heteroatoms. The van der Waals surface area contributed by atoms with E-state index < -0.39 is 38.2 Å². The number of sulfonamides is 1. The Morgan fingerprint density at radius 1 is 1.04 bits per heavy atom. The Morgan fingerprint density at radius 2 is 1.77 bits per heavy atom. The molecule has 1 fully saturated rings. The zero-order chi connectivity index (χ0) is 33.3. The first kappa shape index (κ1) is 32.0. The fourth-order valence-electron chi connectivity index (χ4n) is 5.81. The van der Waals surface area contributed by atoms with Gasteiger partial charge in [0.25, 0.3) is 5.69 Å². The number of carbonyl (C=O) groups is 1. The van der Waals surface area contributed by atoms with Crippen LogP contribution in [0, 0.1) is 21.7 Å². The normalized spacial score (nSPS) is 17.0. The number of nitro benzene ring substituents is 1. The molecule has 3 aromatic carbocycles. The summed E-state index contributed by atoms with van der Waals surface area (Å²) >= 11 is 0. The fourth-order valence-corrected chi connectivity index (χ4v) is 7.39. The van der Waals surface area contributed by atoms with E-state index >= 15 is 0 Å². The highest BCUT2D eigenvalue weighted by atomic mass is 32.2. The monoisotopic (exact) mass is 668 g/mol. The first-order valence-corrected chi connectivity index (χ1v) is 16.3. The molecule has 0 bridgehead atoms. The van der Waals surface area contributed by atoms with Gasteiger partial charge >= 0.3 is 5.97 Å². The number of nitrogens with zero attached hydrogens (tertiary/aromatic N) is 5. The molecule has 13 nitrogen and oxygen atoms in total. The Bertz CT molecular complexity index is 1930. The first-order valence-electron chi connectivity index (χ1n) is 14.8. The lowest BCUT2D eigenvalue weighted by molar-refractivity contribution is -0.387. The molecule has 0 spiro atoms. The standard InChI is InChI=1S/C31H30F2N6O7S/c1-2-45-31(40)30-29-28(35-38(30)20-10-12-21(13-11-20)46-25-8-5-6-22(32)27(25)33)24(14-15-34-29)36-16-18-37(19-17-36)47(43,44)26-9-4-3-7-23(26)39(41)42/h3-13,24,34H,2,14-19H2,1H3/t24-/m1/s1. The predicted octanol–water partition coefficient (Wildman–Crippen LogP) is 4.89. The van der Waals surface area contributed by atoms with Gasteiger partial charge in [-0.25, -0.2) is 22.3 Å². The lowest BCUT2D eigenvalue weighted by atomic mass is 10.0. The van der Waals surface area contributed by atoms with Crippen molar-refractivity contribution in [3.8, 4) is 17.2 Å². The van der Waals surface area contributed by atoms with Crippen LogP contribution in [-0.4, -0.2) is 77.6 Å². The Kier molecular flexibility index (Phi) is 8.90. The van der Waals surface area contributed by atoms with E-state index in [2.05, 4.69) is 10.2 Å². The molecule has 6 rings (SSSR count). The Morgan fingerprint density at radius 3 is 2.47 bits per heavy atom. The van der Waals surface area contributed by atoms with Crippen LogP contribution in [0.25, 0.3) is 5.69 Å². The topological polar surface area (TPSA) is 149 Å². The van der Waals surface area contributed by atoms with Gasteiger partial charge in [-0.2, -0.15) is 13.8 Å². The van der Waals surface area contributed by atoms with Crippen LogP contribution in [0.5, 0.6) is 11.5 Å². The molecule has 0 aliphatic carbocycles. The number of ether oxygens (including phenoxy) is 2. The summed E-state index contributed by atoms with van der Waals surface area (Å²) in [7, 11) is -4.11. The lowest BCUT2D eigenvalue weighted by Crippen LogP contribution is -2.50. The van der Waals surface area contributed by atoms with Crippen molar-refractivity contribution >= 4 is 27.4 Å². The molecule has 0 unspecified atom stereocenters. The van der Waals surface area contributed by atoms with Crippen LogP contribution in [0.1, 0.15) is 35.6 Å². The first-order chi connectivity index (χ1) is 22.6. The number of nitro groups is 1.